The molecule has 0 unspecified atom stereocenters. The zero-order valence-electron chi connectivity index (χ0n) is 6.55. The molecule has 68 valence electrons. The van der Waals surface area contributed by atoms with Gasteiger partial charge in [0, 0.05) is 15.5 Å². The molecule has 0 spiro atoms. The van der Waals surface area contributed by atoms with Gasteiger partial charge in [-0.1, -0.05) is 0 Å². The van der Waals surface area contributed by atoms with E-state index in [1.54, 1.807) is 11.3 Å². The van der Waals surface area contributed by atoms with Crippen molar-refractivity contribution in [1.29, 1.82) is 0 Å². The van der Waals surface area contributed by atoms with Crippen LogP contribution in [0.25, 0.3) is 10.1 Å². The first kappa shape index (κ1) is 9.84. The SMILES string of the molecule is Sc1cc(CCl)c2sc(Br)cc2c1. The van der Waals surface area contributed by atoms with Gasteiger partial charge in [-0.2, -0.15) is 0 Å². The molecule has 1 heterocycles. The van der Waals surface area contributed by atoms with E-state index >= 15 is 0 Å². The first-order chi connectivity index (χ1) is 6.20. The molecule has 0 radical (unpaired) electrons. The maximum absolute atomic E-state index is 5.84. The van der Waals surface area contributed by atoms with Crippen LogP contribution >= 0.6 is 51.5 Å². The molecule has 13 heavy (non-hydrogen) atoms. The average Bonchev–Trinajstić information content (AvgIpc) is 2.43. The largest absolute Gasteiger partial charge is 0.143 e. The summed E-state index contributed by atoms with van der Waals surface area (Å²) in [7, 11) is 0. The summed E-state index contributed by atoms with van der Waals surface area (Å²) in [6, 6.07) is 6.16. The quantitative estimate of drug-likeness (QED) is 0.572. The molecule has 0 aliphatic rings. The number of benzene rings is 1. The summed E-state index contributed by atoms with van der Waals surface area (Å²) in [5, 5.41) is 1.21. The van der Waals surface area contributed by atoms with Crippen LogP contribution in [0.1, 0.15) is 5.56 Å². The van der Waals surface area contributed by atoms with Crippen molar-refractivity contribution in [2.45, 2.75) is 10.8 Å². The van der Waals surface area contributed by atoms with Crippen LogP contribution in [0.2, 0.25) is 0 Å². The number of hydrogen-bond donors (Lipinski definition) is 1. The van der Waals surface area contributed by atoms with Crippen molar-refractivity contribution in [1.82, 2.24) is 0 Å². The molecule has 0 saturated heterocycles. The van der Waals surface area contributed by atoms with Gasteiger partial charge in [0.05, 0.1) is 3.79 Å². The lowest BCUT2D eigenvalue weighted by atomic mass is 10.2. The molecule has 0 nitrogen and oxygen atoms in total. The molecule has 1 aromatic carbocycles. The van der Waals surface area contributed by atoms with Crippen LogP contribution in [0.15, 0.2) is 26.9 Å². The maximum Gasteiger partial charge on any atom is 0.0711 e. The van der Waals surface area contributed by atoms with E-state index in [-0.39, 0.29) is 0 Å². The molecule has 0 amide bonds. The molecule has 0 fully saturated rings. The monoisotopic (exact) mass is 292 g/mol. The van der Waals surface area contributed by atoms with E-state index in [9.17, 15) is 0 Å². The van der Waals surface area contributed by atoms with Gasteiger partial charge in [-0.15, -0.1) is 35.6 Å². The van der Waals surface area contributed by atoms with Crippen LogP contribution < -0.4 is 0 Å². The Morgan fingerprint density at radius 3 is 2.85 bits per heavy atom. The van der Waals surface area contributed by atoms with Crippen molar-refractivity contribution in [2.75, 3.05) is 0 Å². The second-order valence-corrected chi connectivity index (χ2v) is 5.92. The number of thiol groups is 1. The molecule has 0 bridgehead atoms. The highest BCUT2D eigenvalue weighted by molar-refractivity contribution is 9.11. The van der Waals surface area contributed by atoms with Gasteiger partial charge in [0.15, 0.2) is 0 Å². The van der Waals surface area contributed by atoms with Crippen LogP contribution in [0.4, 0.5) is 0 Å². The second kappa shape index (κ2) is 3.81. The van der Waals surface area contributed by atoms with Gasteiger partial charge in [0.1, 0.15) is 0 Å². The normalized spacial score (nSPS) is 11.0. The van der Waals surface area contributed by atoms with E-state index in [0.29, 0.717) is 5.88 Å². The Morgan fingerprint density at radius 2 is 2.15 bits per heavy atom. The minimum Gasteiger partial charge on any atom is -0.143 e. The Kier molecular flexibility index (Phi) is 2.88. The van der Waals surface area contributed by atoms with Crippen LogP contribution in [0.3, 0.4) is 0 Å². The molecule has 0 aliphatic carbocycles. The highest BCUT2D eigenvalue weighted by atomic mass is 79.9. The van der Waals surface area contributed by atoms with Gasteiger partial charge in [0.25, 0.3) is 0 Å². The number of rotatable bonds is 1. The Balaban J connectivity index is 2.80. The van der Waals surface area contributed by atoms with Crippen molar-refractivity contribution < 1.29 is 0 Å². The van der Waals surface area contributed by atoms with E-state index in [0.717, 1.165) is 14.2 Å². The molecule has 4 heteroatoms. The summed E-state index contributed by atoms with van der Waals surface area (Å²) >= 11 is 15.3. The van der Waals surface area contributed by atoms with Crippen molar-refractivity contribution >= 4 is 61.6 Å². The summed E-state index contributed by atoms with van der Waals surface area (Å²) < 4.78 is 2.38. The predicted octanol–water partition coefficient (Wildman–Crippen LogP) is 4.69. The van der Waals surface area contributed by atoms with Gasteiger partial charge in [0.2, 0.25) is 0 Å². The minimum atomic E-state index is 0.540. The Bertz CT molecular complexity index is 450. The van der Waals surface area contributed by atoms with Crippen molar-refractivity contribution in [2.24, 2.45) is 0 Å². The fraction of sp³-hybridized carbons (Fsp3) is 0.111. The molecular formula is C9H6BrClS2. The third-order valence-electron chi connectivity index (χ3n) is 1.79. The van der Waals surface area contributed by atoms with Crippen molar-refractivity contribution in [3.8, 4) is 0 Å². The number of alkyl halides is 1. The minimum absolute atomic E-state index is 0.540. The Hall–Kier alpha value is 0.300. The summed E-state index contributed by atoms with van der Waals surface area (Å²) in [5.41, 5.74) is 1.15. The first-order valence-electron chi connectivity index (χ1n) is 3.67. The third-order valence-corrected chi connectivity index (χ3v) is 4.07. The summed E-state index contributed by atoms with van der Waals surface area (Å²) in [4.78, 5) is 0.966. The van der Waals surface area contributed by atoms with Crippen molar-refractivity contribution in [3.05, 3.63) is 27.5 Å². The lowest BCUT2D eigenvalue weighted by molar-refractivity contribution is 1.39. The number of thiophene rings is 1. The number of halogens is 2. The zero-order chi connectivity index (χ0) is 9.42. The van der Waals surface area contributed by atoms with Crippen LogP contribution in [-0.4, -0.2) is 0 Å². The summed E-state index contributed by atoms with van der Waals surface area (Å²) in [6.45, 7) is 0. The van der Waals surface area contributed by atoms with Crippen molar-refractivity contribution in [3.63, 3.8) is 0 Å². The fourth-order valence-electron chi connectivity index (χ4n) is 1.28. The topological polar surface area (TPSA) is 0 Å². The first-order valence-corrected chi connectivity index (χ1v) is 6.26. The molecular weight excluding hydrogens is 288 g/mol. The molecule has 2 aromatic rings. The molecule has 0 saturated carbocycles. The van der Waals surface area contributed by atoms with Crippen LogP contribution in [-0.2, 0) is 5.88 Å². The van der Waals surface area contributed by atoms with Gasteiger partial charge >= 0.3 is 0 Å². The highest BCUT2D eigenvalue weighted by Crippen LogP contribution is 2.34. The zero-order valence-corrected chi connectivity index (χ0v) is 10.6. The molecule has 0 aliphatic heterocycles. The van der Waals surface area contributed by atoms with Gasteiger partial charge < -0.3 is 0 Å². The molecule has 1 aromatic heterocycles. The van der Waals surface area contributed by atoms with Gasteiger partial charge in [-0.25, -0.2) is 0 Å². The second-order valence-electron chi connectivity index (χ2n) is 2.71. The fourth-order valence-corrected chi connectivity index (χ4v) is 3.47. The lowest BCUT2D eigenvalue weighted by Gasteiger charge is -1.99. The van der Waals surface area contributed by atoms with E-state index in [1.807, 2.05) is 6.07 Å². The maximum atomic E-state index is 5.84. The van der Waals surface area contributed by atoms with E-state index in [1.165, 1.54) is 10.1 Å². The third kappa shape index (κ3) is 1.89. The van der Waals surface area contributed by atoms with E-state index in [4.69, 9.17) is 11.6 Å². The summed E-state index contributed by atoms with van der Waals surface area (Å²) in [5.74, 6) is 0.540. The predicted molar refractivity (Wildman–Crippen MR) is 66.3 cm³/mol. The average molecular weight is 294 g/mol. The van der Waals surface area contributed by atoms with Crippen LogP contribution in [0, 0.1) is 0 Å². The van der Waals surface area contributed by atoms with E-state index < -0.39 is 0 Å². The van der Waals surface area contributed by atoms with Gasteiger partial charge in [-0.3, -0.25) is 0 Å². The summed E-state index contributed by atoms with van der Waals surface area (Å²) in [6.07, 6.45) is 0. The van der Waals surface area contributed by atoms with E-state index in [2.05, 4.69) is 40.7 Å². The lowest BCUT2D eigenvalue weighted by Crippen LogP contribution is -1.77. The number of hydrogen-bond acceptors (Lipinski definition) is 2. The Labute approximate surface area is 99.4 Å². The number of fused-ring (bicyclic) bond motifs is 1. The molecule has 0 atom stereocenters. The van der Waals surface area contributed by atoms with Crippen LogP contribution in [0.5, 0.6) is 0 Å². The van der Waals surface area contributed by atoms with Gasteiger partial charge in [-0.05, 0) is 45.1 Å². The Morgan fingerprint density at radius 1 is 1.38 bits per heavy atom. The smallest absolute Gasteiger partial charge is 0.0711 e. The highest BCUT2D eigenvalue weighted by Gasteiger charge is 2.05. The molecule has 2 rings (SSSR count). The molecule has 0 N–H and O–H groups in total. The standard InChI is InChI=1S/C9H6BrClS2/c10-8-3-5-1-7(12)2-6(4-11)9(5)13-8/h1-3,12H,4H2.